The molecule has 4 rings (SSSR count). The molecule has 9 heteroatoms. The average Bonchev–Trinajstić information content (AvgIpc) is 3.03. The van der Waals surface area contributed by atoms with Gasteiger partial charge < -0.3 is 10.2 Å². The lowest BCUT2D eigenvalue weighted by Crippen LogP contribution is -2.53. The zero-order chi connectivity index (χ0) is 32.4. The summed E-state index contributed by atoms with van der Waals surface area (Å²) in [6.45, 7) is 5.95. The number of amides is 2. The van der Waals surface area contributed by atoms with E-state index < -0.39 is 28.5 Å². The number of carbonyl (C=O) groups is 2. The molecule has 236 valence electrons. The van der Waals surface area contributed by atoms with Crippen molar-refractivity contribution in [3.8, 4) is 0 Å². The fraction of sp³-hybridized carbons (Fsp3) is 0.278. The number of rotatable bonds is 14. The van der Waals surface area contributed by atoms with E-state index in [4.69, 9.17) is 11.6 Å². The molecule has 0 spiro atoms. The molecule has 0 saturated heterocycles. The van der Waals surface area contributed by atoms with E-state index in [1.54, 1.807) is 30.3 Å². The number of anilines is 1. The first-order chi connectivity index (χ1) is 21.6. The summed E-state index contributed by atoms with van der Waals surface area (Å²) in [5.41, 5.74) is 3.92. The van der Waals surface area contributed by atoms with Crippen molar-refractivity contribution in [3.63, 3.8) is 0 Å². The maximum Gasteiger partial charge on any atom is 0.264 e. The molecular weight excluding hydrogens is 606 g/mol. The first-order valence-corrected chi connectivity index (χ1v) is 16.9. The Labute approximate surface area is 271 Å². The largest absolute Gasteiger partial charge is 0.354 e. The van der Waals surface area contributed by atoms with Crippen LogP contribution >= 0.6 is 11.6 Å². The van der Waals surface area contributed by atoms with E-state index in [9.17, 15) is 18.0 Å². The molecule has 2 amide bonds. The van der Waals surface area contributed by atoms with Crippen molar-refractivity contribution in [2.24, 2.45) is 0 Å². The highest BCUT2D eigenvalue weighted by Crippen LogP contribution is 2.27. The molecule has 45 heavy (non-hydrogen) atoms. The van der Waals surface area contributed by atoms with Crippen molar-refractivity contribution in [1.29, 1.82) is 0 Å². The minimum absolute atomic E-state index is 0.0455. The molecule has 0 radical (unpaired) electrons. The molecule has 0 saturated carbocycles. The van der Waals surface area contributed by atoms with Gasteiger partial charge in [0.15, 0.2) is 0 Å². The molecular formula is C36H40ClN3O4S. The van der Waals surface area contributed by atoms with Gasteiger partial charge in [0.25, 0.3) is 10.0 Å². The number of carbonyl (C=O) groups excluding carboxylic acids is 2. The molecule has 4 aromatic rings. The lowest BCUT2D eigenvalue weighted by molar-refractivity contribution is -0.140. The molecule has 0 aliphatic heterocycles. The normalized spacial score (nSPS) is 11.9. The third-order valence-electron chi connectivity index (χ3n) is 7.56. The van der Waals surface area contributed by atoms with E-state index in [2.05, 4.69) is 5.32 Å². The molecule has 1 atom stereocenters. The summed E-state index contributed by atoms with van der Waals surface area (Å²) in [5.74, 6) is -0.804. The summed E-state index contributed by atoms with van der Waals surface area (Å²) in [7, 11) is -4.19. The van der Waals surface area contributed by atoms with Crippen LogP contribution in [0.15, 0.2) is 108 Å². The second kappa shape index (κ2) is 15.7. The van der Waals surface area contributed by atoms with Gasteiger partial charge in [-0.15, -0.1) is 0 Å². The quantitative estimate of drug-likeness (QED) is 0.155. The number of benzene rings is 4. The van der Waals surface area contributed by atoms with Crippen molar-refractivity contribution >= 4 is 39.1 Å². The van der Waals surface area contributed by atoms with Crippen LogP contribution in [0.5, 0.6) is 0 Å². The smallest absolute Gasteiger partial charge is 0.264 e. The fourth-order valence-corrected chi connectivity index (χ4v) is 6.54. The van der Waals surface area contributed by atoms with Crippen LogP contribution in [0, 0.1) is 13.8 Å². The zero-order valence-corrected chi connectivity index (χ0v) is 27.5. The van der Waals surface area contributed by atoms with Gasteiger partial charge in [-0.2, -0.15) is 0 Å². The van der Waals surface area contributed by atoms with E-state index in [-0.39, 0.29) is 29.5 Å². The minimum Gasteiger partial charge on any atom is -0.354 e. The number of hydrogen-bond acceptors (Lipinski definition) is 4. The average molecular weight is 646 g/mol. The number of halogens is 1. The van der Waals surface area contributed by atoms with Gasteiger partial charge in [0.2, 0.25) is 11.8 Å². The van der Waals surface area contributed by atoms with Crippen molar-refractivity contribution < 1.29 is 18.0 Å². The van der Waals surface area contributed by atoms with Gasteiger partial charge in [0.05, 0.1) is 10.6 Å². The van der Waals surface area contributed by atoms with Gasteiger partial charge in [-0.3, -0.25) is 13.9 Å². The minimum atomic E-state index is -4.19. The molecule has 0 aliphatic rings. The van der Waals surface area contributed by atoms with Crippen LogP contribution < -0.4 is 9.62 Å². The number of hydrogen-bond donors (Lipinski definition) is 1. The first-order valence-electron chi connectivity index (χ1n) is 15.1. The predicted molar refractivity (Wildman–Crippen MR) is 181 cm³/mol. The number of nitrogens with one attached hydrogen (secondary N) is 1. The standard InChI is InChI=1S/C36H40ClN3O4S/c1-4-5-22-38-36(42)34(23-29-10-7-6-8-11-29)39(25-30-18-14-27(2)15-19-30)35(41)26-40(32-13-9-12-31(37)24-32)45(43,44)33-20-16-28(3)17-21-33/h6-21,24,34H,4-5,22-23,25-26H2,1-3H3,(H,38,42)/t34-/m0/s1. The zero-order valence-electron chi connectivity index (χ0n) is 25.9. The molecule has 7 nitrogen and oxygen atoms in total. The van der Waals surface area contributed by atoms with Crippen LogP contribution in [0.25, 0.3) is 0 Å². The number of unbranched alkanes of at least 4 members (excludes halogenated alkanes) is 1. The van der Waals surface area contributed by atoms with Crippen LogP contribution in [0.4, 0.5) is 5.69 Å². The van der Waals surface area contributed by atoms with Crippen LogP contribution in [0.1, 0.15) is 42.0 Å². The van der Waals surface area contributed by atoms with Crippen molar-refractivity contribution in [2.75, 3.05) is 17.4 Å². The summed E-state index contributed by atoms with van der Waals surface area (Å²) in [4.78, 5) is 29.8. The Morgan fingerprint density at radius 1 is 0.822 bits per heavy atom. The fourth-order valence-electron chi connectivity index (χ4n) is 4.95. The predicted octanol–water partition coefficient (Wildman–Crippen LogP) is 6.71. The third-order valence-corrected chi connectivity index (χ3v) is 9.58. The maximum absolute atomic E-state index is 14.5. The van der Waals surface area contributed by atoms with Crippen LogP contribution in [-0.4, -0.2) is 44.3 Å². The molecule has 1 N–H and O–H groups in total. The molecule has 0 fully saturated rings. The highest BCUT2D eigenvalue weighted by atomic mass is 35.5. The van der Waals surface area contributed by atoms with Crippen LogP contribution in [0.2, 0.25) is 5.02 Å². The number of nitrogens with zero attached hydrogens (tertiary/aromatic N) is 2. The summed E-state index contributed by atoms with van der Waals surface area (Å²) < 4.78 is 29.3. The first kappa shape index (κ1) is 33.7. The molecule has 4 aromatic carbocycles. The van der Waals surface area contributed by atoms with Gasteiger partial charge >= 0.3 is 0 Å². The Morgan fingerprint density at radius 2 is 1.47 bits per heavy atom. The Bertz CT molecular complexity index is 1680. The van der Waals surface area contributed by atoms with E-state index in [1.807, 2.05) is 75.4 Å². The van der Waals surface area contributed by atoms with Crippen LogP contribution in [-0.2, 0) is 32.6 Å². The summed E-state index contributed by atoms with van der Waals surface area (Å²) in [6, 6.07) is 29.2. The van der Waals surface area contributed by atoms with Crippen molar-refractivity contribution in [2.45, 2.75) is 57.5 Å². The Morgan fingerprint density at radius 3 is 2.09 bits per heavy atom. The number of sulfonamides is 1. The number of aryl methyl sites for hydroxylation is 2. The molecule has 0 heterocycles. The Kier molecular flexibility index (Phi) is 11.8. The van der Waals surface area contributed by atoms with E-state index >= 15 is 0 Å². The van der Waals surface area contributed by atoms with E-state index in [0.717, 1.165) is 39.4 Å². The molecule has 0 bridgehead atoms. The Hall–Kier alpha value is -4.14. The monoisotopic (exact) mass is 645 g/mol. The summed E-state index contributed by atoms with van der Waals surface area (Å²) in [6.07, 6.45) is 1.96. The van der Waals surface area contributed by atoms with Gasteiger partial charge in [-0.1, -0.05) is 109 Å². The molecule has 0 aromatic heterocycles. The van der Waals surface area contributed by atoms with Gasteiger partial charge in [0, 0.05) is 24.5 Å². The van der Waals surface area contributed by atoms with E-state index in [1.165, 1.54) is 23.1 Å². The lowest BCUT2D eigenvalue weighted by Gasteiger charge is -2.34. The highest BCUT2D eigenvalue weighted by Gasteiger charge is 2.34. The second-order valence-corrected chi connectivity index (χ2v) is 13.5. The summed E-state index contributed by atoms with van der Waals surface area (Å²) in [5, 5.41) is 3.34. The van der Waals surface area contributed by atoms with Gasteiger partial charge in [-0.25, -0.2) is 8.42 Å². The Balaban J connectivity index is 1.78. The third kappa shape index (κ3) is 9.19. The molecule has 0 unspecified atom stereocenters. The second-order valence-electron chi connectivity index (χ2n) is 11.2. The SMILES string of the molecule is CCCCNC(=O)[C@H](Cc1ccccc1)N(Cc1ccc(C)cc1)C(=O)CN(c1cccc(Cl)c1)S(=O)(=O)c1ccc(C)cc1. The van der Waals surface area contributed by atoms with Gasteiger partial charge in [-0.05, 0) is 61.7 Å². The lowest BCUT2D eigenvalue weighted by atomic mass is 10.0. The van der Waals surface area contributed by atoms with E-state index in [0.29, 0.717) is 11.6 Å². The maximum atomic E-state index is 14.5. The summed E-state index contributed by atoms with van der Waals surface area (Å²) >= 11 is 6.30. The molecule has 0 aliphatic carbocycles. The van der Waals surface area contributed by atoms with Gasteiger partial charge in [0.1, 0.15) is 12.6 Å². The van der Waals surface area contributed by atoms with Crippen molar-refractivity contribution in [1.82, 2.24) is 10.2 Å². The topological polar surface area (TPSA) is 86.8 Å². The van der Waals surface area contributed by atoms with Crippen molar-refractivity contribution in [3.05, 3.63) is 130 Å². The van der Waals surface area contributed by atoms with Crippen LogP contribution in [0.3, 0.4) is 0 Å². The highest BCUT2D eigenvalue weighted by molar-refractivity contribution is 7.92.